The molecule has 2 aromatic rings. The highest BCUT2D eigenvalue weighted by molar-refractivity contribution is 6.69. The van der Waals surface area contributed by atoms with Gasteiger partial charge in [-0.1, -0.05) is 16.8 Å². The molecule has 0 fully saturated rings. The topological polar surface area (TPSA) is 48.4 Å². The van der Waals surface area contributed by atoms with Gasteiger partial charge in [-0.2, -0.15) is 0 Å². The van der Waals surface area contributed by atoms with Gasteiger partial charge in [0.25, 0.3) is 0 Å². The van der Waals surface area contributed by atoms with E-state index in [-0.39, 0.29) is 5.17 Å². The maximum absolute atomic E-state index is 8.46. The van der Waals surface area contributed by atoms with Gasteiger partial charge in [-0.3, -0.25) is 0 Å². The van der Waals surface area contributed by atoms with E-state index < -0.39 is 0 Å². The quantitative estimate of drug-likeness (QED) is 0.409. The molecule has 3 nitrogen and oxygen atoms in total. The van der Waals surface area contributed by atoms with E-state index in [0.29, 0.717) is 5.56 Å². The molecule has 0 radical (unpaired) electrons. The summed E-state index contributed by atoms with van der Waals surface area (Å²) in [7, 11) is 0. The minimum absolute atomic E-state index is 0.100. The fourth-order valence-electron chi connectivity index (χ4n) is 1.24. The highest BCUT2D eigenvalue weighted by Crippen LogP contribution is 2.15. The van der Waals surface area contributed by atoms with Gasteiger partial charge in [0.1, 0.15) is 0 Å². The summed E-state index contributed by atoms with van der Waals surface area (Å²) >= 11 is 5.65. The molecular weight excluding hydrogens is 188 g/mol. The zero-order valence-corrected chi connectivity index (χ0v) is 7.42. The van der Waals surface area contributed by atoms with Gasteiger partial charge in [0.05, 0.1) is 0 Å². The minimum atomic E-state index is 0.100. The zero-order chi connectivity index (χ0) is 9.26. The second-order valence-electron chi connectivity index (χ2n) is 2.67. The molecular formula is C9H7ClN2O. The monoisotopic (exact) mass is 194 g/mol. The molecule has 0 atom stereocenters. The Morgan fingerprint density at radius 2 is 2.23 bits per heavy atom. The second kappa shape index (κ2) is 3.11. The van der Waals surface area contributed by atoms with E-state index in [2.05, 4.69) is 10.1 Å². The summed E-state index contributed by atoms with van der Waals surface area (Å²) in [5.41, 5.74) is 1.74. The summed E-state index contributed by atoms with van der Waals surface area (Å²) in [6.07, 6.45) is 1.85. The van der Waals surface area contributed by atoms with Crippen LogP contribution >= 0.6 is 11.6 Å². The molecule has 13 heavy (non-hydrogen) atoms. The fraction of sp³-hybridized carbons (Fsp3) is 0. The van der Waals surface area contributed by atoms with Crippen LogP contribution in [-0.4, -0.2) is 15.4 Å². The van der Waals surface area contributed by atoms with Crippen molar-refractivity contribution in [1.29, 1.82) is 0 Å². The lowest BCUT2D eigenvalue weighted by Gasteiger charge is -1.95. The smallest absolute Gasteiger partial charge is 0.175 e. The molecule has 1 heterocycles. The summed E-state index contributed by atoms with van der Waals surface area (Å²) in [5, 5.41) is 12.5. The molecule has 66 valence electrons. The number of nitrogens with one attached hydrogen (secondary N) is 1. The normalized spacial score (nSPS) is 12.2. The van der Waals surface area contributed by atoms with Crippen molar-refractivity contribution in [2.45, 2.75) is 0 Å². The average Bonchev–Trinajstić information content (AvgIpc) is 2.63. The number of benzene rings is 1. The number of rotatable bonds is 1. The van der Waals surface area contributed by atoms with E-state index in [1.807, 2.05) is 24.4 Å². The largest absolute Gasteiger partial charge is 0.410 e. The number of aromatic nitrogens is 1. The maximum atomic E-state index is 8.46. The molecule has 0 saturated carbocycles. The molecule has 0 aliphatic carbocycles. The molecule has 0 spiro atoms. The van der Waals surface area contributed by atoms with Crippen molar-refractivity contribution < 1.29 is 5.21 Å². The number of hydrogen-bond acceptors (Lipinski definition) is 2. The number of oxime groups is 1. The highest BCUT2D eigenvalue weighted by atomic mass is 35.5. The fourth-order valence-corrected chi connectivity index (χ4v) is 1.36. The van der Waals surface area contributed by atoms with Crippen LogP contribution in [0.4, 0.5) is 0 Å². The van der Waals surface area contributed by atoms with Crippen molar-refractivity contribution in [2.24, 2.45) is 5.16 Å². The number of aromatic amines is 1. The third-order valence-electron chi connectivity index (χ3n) is 1.88. The van der Waals surface area contributed by atoms with E-state index >= 15 is 0 Å². The summed E-state index contributed by atoms with van der Waals surface area (Å²) in [4.78, 5) is 3.06. The van der Waals surface area contributed by atoms with Gasteiger partial charge in [0.15, 0.2) is 5.17 Å². The average molecular weight is 195 g/mol. The third kappa shape index (κ3) is 1.38. The van der Waals surface area contributed by atoms with Crippen molar-refractivity contribution in [3.63, 3.8) is 0 Å². The van der Waals surface area contributed by atoms with Crippen LogP contribution in [0.25, 0.3) is 10.9 Å². The summed E-state index contributed by atoms with van der Waals surface area (Å²) < 4.78 is 0. The van der Waals surface area contributed by atoms with Crippen molar-refractivity contribution in [1.82, 2.24) is 4.98 Å². The van der Waals surface area contributed by atoms with E-state index in [0.717, 1.165) is 10.9 Å². The number of fused-ring (bicyclic) bond motifs is 1. The summed E-state index contributed by atoms with van der Waals surface area (Å²) in [6, 6.07) is 7.47. The number of H-pyrrole nitrogens is 1. The van der Waals surface area contributed by atoms with Gasteiger partial charge in [-0.25, -0.2) is 0 Å². The van der Waals surface area contributed by atoms with E-state index in [9.17, 15) is 0 Å². The predicted molar refractivity (Wildman–Crippen MR) is 52.5 cm³/mol. The number of hydrogen-bond donors (Lipinski definition) is 2. The van der Waals surface area contributed by atoms with E-state index in [1.165, 1.54) is 0 Å². The van der Waals surface area contributed by atoms with Crippen molar-refractivity contribution in [2.75, 3.05) is 0 Å². The van der Waals surface area contributed by atoms with Crippen LogP contribution in [0.3, 0.4) is 0 Å². The van der Waals surface area contributed by atoms with Gasteiger partial charge >= 0.3 is 0 Å². The molecule has 2 rings (SSSR count). The Morgan fingerprint density at radius 1 is 1.38 bits per heavy atom. The van der Waals surface area contributed by atoms with Gasteiger partial charge < -0.3 is 10.2 Å². The molecule has 0 bridgehead atoms. The Kier molecular flexibility index (Phi) is 1.94. The summed E-state index contributed by atoms with van der Waals surface area (Å²) in [6.45, 7) is 0. The standard InChI is InChI=1S/C9H7ClN2O/c10-9(12-13)7-1-2-8-6(5-7)3-4-11-8/h1-5,11,13H/b12-9-. The number of nitrogens with zero attached hydrogens (tertiary/aromatic N) is 1. The molecule has 0 saturated heterocycles. The molecule has 0 amide bonds. The Bertz CT molecular complexity index is 461. The first-order valence-corrected chi connectivity index (χ1v) is 4.14. The van der Waals surface area contributed by atoms with Crippen LogP contribution in [-0.2, 0) is 0 Å². The Balaban J connectivity index is 2.60. The first-order chi connectivity index (χ1) is 6.31. The zero-order valence-electron chi connectivity index (χ0n) is 6.66. The molecule has 4 heteroatoms. The maximum Gasteiger partial charge on any atom is 0.175 e. The van der Waals surface area contributed by atoms with Crippen molar-refractivity contribution >= 4 is 27.7 Å². The SMILES string of the molecule is O/N=C(\Cl)c1ccc2[nH]ccc2c1. The molecule has 0 unspecified atom stereocenters. The Hall–Kier alpha value is -1.48. The minimum Gasteiger partial charge on any atom is -0.410 e. The lowest BCUT2D eigenvalue weighted by molar-refractivity contribution is 0.321. The third-order valence-corrected chi connectivity index (χ3v) is 2.17. The van der Waals surface area contributed by atoms with Crippen LogP contribution < -0.4 is 0 Å². The molecule has 0 aliphatic rings. The molecule has 0 aliphatic heterocycles. The lowest BCUT2D eigenvalue weighted by Crippen LogP contribution is -1.89. The Labute approximate surface area is 79.6 Å². The number of halogens is 1. The molecule has 1 aromatic heterocycles. The van der Waals surface area contributed by atoms with Gasteiger partial charge in [-0.05, 0) is 24.3 Å². The van der Waals surface area contributed by atoms with Crippen LogP contribution in [0.1, 0.15) is 5.56 Å². The Morgan fingerprint density at radius 3 is 3.00 bits per heavy atom. The second-order valence-corrected chi connectivity index (χ2v) is 3.03. The first-order valence-electron chi connectivity index (χ1n) is 3.76. The predicted octanol–water partition coefficient (Wildman–Crippen LogP) is 2.54. The van der Waals surface area contributed by atoms with Crippen molar-refractivity contribution in [3.8, 4) is 0 Å². The van der Waals surface area contributed by atoms with Gasteiger partial charge in [0.2, 0.25) is 0 Å². The van der Waals surface area contributed by atoms with Gasteiger partial charge in [-0.15, -0.1) is 0 Å². The molecule has 1 aromatic carbocycles. The van der Waals surface area contributed by atoms with E-state index in [1.54, 1.807) is 6.07 Å². The van der Waals surface area contributed by atoms with E-state index in [4.69, 9.17) is 16.8 Å². The first kappa shape index (κ1) is 8.13. The van der Waals surface area contributed by atoms with Crippen LogP contribution in [0.2, 0.25) is 0 Å². The van der Waals surface area contributed by atoms with Crippen LogP contribution in [0.5, 0.6) is 0 Å². The summed E-state index contributed by atoms with van der Waals surface area (Å²) in [5.74, 6) is 0. The highest BCUT2D eigenvalue weighted by Gasteiger charge is 2.01. The molecule has 2 N–H and O–H groups in total. The van der Waals surface area contributed by atoms with Crippen LogP contribution in [0, 0.1) is 0 Å². The van der Waals surface area contributed by atoms with Gasteiger partial charge in [0, 0.05) is 22.7 Å². The van der Waals surface area contributed by atoms with Crippen molar-refractivity contribution in [3.05, 3.63) is 36.0 Å². The van der Waals surface area contributed by atoms with Crippen LogP contribution in [0.15, 0.2) is 35.6 Å². The lowest BCUT2D eigenvalue weighted by atomic mass is 10.2.